The lowest BCUT2D eigenvalue weighted by Gasteiger charge is -2.17. The van der Waals surface area contributed by atoms with Crippen molar-refractivity contribution >= 4 is 50.1 Å². The number of hydrogen-bond acceptors (Lipinski definition) is 2. The lowest BCUT2D eigenvalue weighted by Crippen LogP contribution is -2.19. The molecule has 2 nitrogen and oxygen atoms in total. The van der Waals surface area contributed by atoms with Gasteiger partial charge in [0.15, 0.2) is 0 Å². The zero-order chi connectivity index (χ0) is 13.8. The highest BCUT2D eigenvalue weighted by molar-refractivity contribution is 14.1. The Bertz CT molecular complexity index is 577. The number of nitrogens with one attached hydrogen (secondary N) is 1. The first-order chi connectivity index (χ1) is 9.10. The van der Waals surface area contributed by atoms with Crippen molar-refractivity contribution in [2.75, 3.05) is 7.05 Å². The molecular weight excluding hydrogens is 438 g/mol. The molecule has 0 aliphatic carbocycles. The zero-order valence-electron chi connectivity index (χ0n) is 10.3. The summed E-state index contributed by atoms with van der Waals surface area (Å²) in [6.45, 7) is 0. The summed E-state index contributed by atoms with van der Waals surface area (Å²) in [5.41, 5.74) is 2.37. The van der Waals surface area contributed by atoms with Gasteiger partial charge in [-0.05, 0) is 81.3 Å². The Kier molecular flexibility index (Phi) is 5.62. The number of aromatic nitrogens is 1. The molecule has 0 spiro atoms. The van der Waals surface area contributed by atoms with Crippen molar-refractivity contribution in [1.82, 2.24) is 10.3 Å². The number of rotatable bonds is 4. The number of pyridine rings is 1. The first kappa shape index (κ1) is 15.2. The van der Waals surface area contributed by atoms with Gasteiger partial charge in [0.25, 0.3) is 0 Å². The van der Waals surface area contributed by atoms with Gasteiger partial charge in [0.2, 0.25) is 0 Å². The molecule has 1 heterocycles. The van der Waals surface area contributed by atoms with Crippen molar-refractivity contribution in [3.8, 4) is 0 Å². The summed E-state index contributed by atoms with van der Waals surface area (Å²) in [7, 11) is 1.96. The van der Waals surface area contributed by atoms with Crippen LogP contribution in [0.4, 0.5) is 0 Å². The van der Waals surface area contributed by atoms with E-state index in [1.54, 1.807) is 6.20 Å². The predicted octanol–water partition coefficient (Wildman–Crippen LogP) is 4.61. The predicted molar refractivity (Wildman–Crippen MR) is 91.6 cm³/mol. The van der Waals surface area contributed by atoms with Crippen LogP contribution in [0.3, 0.4) is 0 Å². The summed E-state index contributed by atoms with van der Waals surface area (Å²) in [6, 6.07) is 8.49. The lowest BCUT2D eigenvalue weighted by atomic mass is 10.0. The number of benzene rings is 1. The van der Waals surface area contributed by atoms with Gasteiger partial charge in [0.05, 0.1) is 5.02 Å². The molecule has 1 unspecified atom stereocenters. The van der Waals surface area contributed by atoms with Crippen LogP contribution in [0.2, 0.25) is 5.02 Å². The molecule has 1 N–H and O–H groups in total. The van der Waals surface area contributed by atoms with Crippen LogP contribution in [-0.4, -0.2) is 12.0 Å². The van der Waals surface area contributed by atoms with Gasteiger partial charge in [-0.1, -0.05) is 17.7 Å². The molecule has 0 bridgehead atoms. The Balaban J connectivity index is 2.22. The fraction of sp³-hybridized carbons (Fsp3) is 0.214. The summed E-state index contributed by atoms with van der Waals surface area (Å²) in [5.74, 6) is 0. The third kappa shape index (κ3) is 4.15. The Morgan fingerprint density at radius 2 is 2.16 bits per heavy atom. The average molecular weight is 452 g/mol. The maximum Gasteiger partial charge on any atom is 0.0542 e. The van der Waals surface area contributed by atoms with E-state index in [1.807, 2.05) is 25.4 Å². The molecule has 0 aliphatic rings. The molecular formula is C14H13BrClIN2. The molecule has 19 heavy (non-hydrogen) atoms. The molecule has 2 aromatic rings. The fourth-order valence-corrected chi connectivity index (χ4v) is 2.86. The second-order valence-corrected chi connectivity index (χ2v) is 6.72. The van der Waals surface area contributed by atoms with Gasteiger partial charge in [-0.15, -0.1) is 0 Å². The zero-order valence-corrected chi connectivity index (χ0v) is 14.8. The molecule has 0 saturated heterocycles. The molecule has 1 aromatic carbocycles. The van der Waals surface area contributed by atoms with E-state index in [-0.39, 0.29) is 6.04 Å². The van der Waals surface area contributed by atoms with Crippen LogP contribution in [0.1, 0.15) is 17.2 Å². The van der Waals surface area contributed by atoms with E-state index < -0.39 is 0 Å². The summed E-state index contributed by atoms with van der Waals surface area (Å²) < 4.78 is 2.07. The molecule has 5 heteroatoms. The van der Waals surface area contributed by atoms with Crippen LogP contribution in [-0.2, 0) is 6.42 Å². The minimum atomic E-state index is 0.227. The first-order valence-corrected chi connectivity index (χ1v) is 8.06. The lowest BCUT2D eigenvalue weighted by molar-refractivity contribution is 0.591. The standard InChI is InChI=1S/C14H13BrClIN2/c1-18-14(5-9-4-11(15)8-19-7-9)10-2-3-13(17)12(16)6-10/h2-4,6-8,14,18H,5H2,1H3. The van der Waals surface area contributed by atoms with Crippen LogP contribution in [0.5, 0.6) is 0 Å². The van der Waals surface area contributed by atoms with Crippen molar-refractivity contribution in [1.29, 1.82) is 0 Å². The molecule has 0 fully saturated rings. The molecule has 0 radical (unpaired) electrons. The molecule has 1 atom stereocenters. The van der Waals surface area contributed by atoms with E-state index in [0.717, 1.165) is 19.5 Å². The number of nitrogens with zero attached hydrogens (tertiary/aromatic N) is 1. The van der Waals surface area contributed by atoms with Gasteiger partial charge in [-0.25, -0.2) is 0 Å². The van der Waals surface area contributed by atoms with Crippen LogP contribution in [0.25, 0.3) is 0 Å². The smallest absolute Gasteiger partial charge is 0.0542 e. The van der Waals surface area contributed by atoms with Crippen LogP contribution < -0.4 is 5.32 Å². The van der Waals surface area contributed by atoms with Gasteiger partial charge in [0.1, 0.15) is 0 Å². The summed E-state index contributed by atoms with van der Waals surface area (Å²) >= 11 is 11.9. The monoisotopic (exact) mass is 450 g/mol. The van der Waals surface area contributed by atoms with E-state index in [2.05, 4.69) is 61.0 Å². The summed E-state index contributed by atoms with van der Waals surface area (Å²) in [5, 5.41) is 4.13. The normalized spacial score (nSPS) is 12.4. The second kappa shape index (κ2) is 7.02. The molecule has 2 rings (SSSR count). The fourth-order valence-electron chi connectivity index (χ4n) is 1.92. The first-order valence-electron chi connectivity index (χ1n) is 5.82. The van der Waals surface area contributed by atoms with E-state index in [4.69, 9.17) is 11.6 Å². The Morgan fingerprint density at radius 1 is 1.37 bits per heavy atom. The van der Waals surface area contributed by atoms with E-state index in [9.17, 15) is 0 Å². The third-order valence-electron chi connectivity index (χ3n) is 2.90. The van der Waals surface area contributed by atoms with Crippen molar-refractivity contribution in [3.63, 3.8) is 0 Å². The molecule has 0 aliphatic heterocycles. The van der Waals surface area contributed by atoms with Crippen molar-refractivity contribution in [2.45, 2.75) is 12.5 Å². The maximum absolute atomic E-state index is 6.19. The third-order valence-corrected chi connectivity index (χ3v) is 4.90. The number of halogens is 3. The van der Waals surface area contributed by atoms with Crippen LogP contribution in [0.15, 0.2) is 41.1 Å². The molecule has 0 amide bonds. The summed E-state index contributed by atoms with van der Waals surface area (Å²) in [4.78, 5) is 4.19. The molecule has 0 saturated carbocycles. The maximum atomic E-state index is 6.19. The largest absolute Gasteiger partial charge is 0.313 e. The minimum absolute atomic E-state index is 0.227. The Morgan fingerprint density at radius 3 is 2.79 bits per heavy atom. The van der Waals surface area contributed by atoms with Crippen molar-refractivity contribution < 1.29 is 0 Å². The van der Waals surface area contributed by atoms with Gasteiger partial charge in [0, 0.05) is 26.5 Å². The van der Waals surface area contributed by atoms with Crippen LogP contribution >= 0.6 is 50.1 Å². The minimum Gasteiger partial charge on any atom is -0.313 e. The van der Waals surface area contributed by atoms with Gasteiger partial charge >= 0.3 is 0 Å². The van der Waals surface area contributed by atoms with Crippen molar-refractivity contribution in [2.24, 2.45) is 0 Å². The molecule has 1 aromatic heterocycles. The SMILES string of the molecule is CNC(Cc1cncc(Br)c1)c1ccc(I)c(Cl)c1. The van der Waals surface area contributed by atoms with E-state index >= 15 is 0 Å². The topological polar surface area (TPSA) is 24.9 Å². The quantitative estimate of drug-likeness (QED) is 0.687. The highest BCUT2D eigenvalue weighted by Gasteiger charge is 2.12. The van der Waals surface area contributed by atoms with E-state index in [1.165, 1.54) is 11.1 Å². The average Bonchev–Trinajstić information content (AvgIpc) is 2.39. The second-order valence-electron chi connectivity index (χ2n) is 4.23. The van der Waals surface area contributed by atoms with E-state index in [0.29, 0.717) is 0 Å². The Labute approximate surface area is 140 Å². The van der Waals surface area contributed by atoms with Gasteiger partial charge in [-0.2, -0.15) is 0 Å². The van der Waals surface area contributed by atoms with Crippen LogP contribution in [0, 0.1) is 3.57 Å². The summed E-state index contributed by atoms with van der Waals surface area (Å²) in [6.07, 6.45) is 4.56. The number of hydrogen-bond donors (Lipinski definition) is 1. The van der Waals surface area contributed by atoms with Gasteiger partial charge < -0.3 is 5.32 Å². The van der Waals surface area contributed by atoms with Gasteiger partial charge in [-0.3, -0.25) is 4.98 Å². The van der Waals surface area contributed by atoms with Crippen molar-refractivity contribution in [3.05, 3.63) is 60.9 Å². The Hall–Kier alpha value is -0.170. The molecule has 100 valence electrons. The highest BCUT2D eigenvalue weighted by atomic mass is 127. The highest BCUT2D eigenvalue weighted by Crippen LogP contribution is 2.25. The number of likely N-dealkylation sites (N-methyl/N-ethyl adjacent to an activating group) is 1.